The lowest BCUT2D eigenvalue weighted by Gasteiger charge is -2.34. The van der Waals surface area contributed by atoms with Crippen molar-refractivity contribution >= 4 is 11.8 Å². The first kappa shape index (κ1) is 19.4. The SMILES string of the molecule is O=C(NO)c1ccc2c(c1)OC[C@H](c1ccccc1)N(C(=O)[C@H]1CCCOC1)C2. The van der Waals surface area contributed by atoms with Crippen molar-refractivity contribution in [2.24, 2.45) is 5.92 Å². The number of nitrogens with one attached hydrogen (secondary N) is 1. The summed E-state index contributed by atoms with van der Waals surface area (Å²) in [5.74, 6) is -0.155. The number of rotatable bonds is 3. The molecular formula is C22H24N2O5. The molecule has 29 heavy (non-hydrogen) atoms. The van der Waals surface area contributed by atoms with Crippen molar-refractivity contribution in [1.29, 1.82) is 0 Å². The molecule has 7 heteroatoms. The zero-order valence-electron chi connectivity index (χ0n) is 16.0. The Labute approximate surface area is 169 Å². The van der Waals surface area contributed by atoms with E-state index in [0.29, 0.717) is 31.1 Å². The third kappa shape index (κ3) is 4.11. The first-order chi connectivity index (χ1) is 14.2. The van der Waals surface area contributed by atoms with Gasteiger partial charge in [-0.1, -0.05) is 36.4 Å². The van der Waals surface area contributed by atoms with E-state index >= 15 is 0 Å². The second kappa shape index (κ2) is 8.63. The minimum absolute atomic E-state index is 0.0622. The van der Waals surface area contributed by atoms with Crippen molar-refractivity contribution in [2.75, 3.05) is 19.8 Å². The topological polar surface area (TPSA) is 88.1 Å². The van der Waals surface area contributed by atoms with Crippen molar-refractivity contribution in [3.63, 3.8) is 0 Å². The van der Waals surface area contributed by atoms with E-state index in [0.717, 1.165) is 24.0 Å². The van der Waals surface area contributed by atoms with Gasteiger partial charge in [0.25, 0.3) is 5.91 Å². The smallest absolute Gasteiger partial charge is 0.274 e. The van der Waals surface area contributed by atoms with Crippen LogP contribution >= 0.6 is 0 Å². The van der Waals surface area contributed by atoms with Gasteiger partial charge in [-0.05, 0) is 30.5 Å². The van der Waals surface area contributed by atoms with Crippen LogP contribution in [-0.4, -0.2) is 41.7 Å². The molecule has 2 atom stereocenters. The Morgan fingerprint density at radius 3 is 2.66 bits per heavy atom. The molecule has 1 saturated heterocycles. The number of hydroxylamine groups is 1. The summed E-state index contributed by atoms with van der Waals surface area (Å²) < 4.78 is 11.6. The maximum absolute atomic E-state index is 13.4. The Morgan fingerprint density at radius 1 is 1.10 bits per heavy atom. The Hall–Kier alpha value is -2.90. The molecule has 2 N–H and O–H groups in total. The van der Waals surface area contributed by atoms with Crippen molar-refractivity contribution < 1.29 is 24.3 Å². The summed E-state index contributed by atoms with van der Waals surface area (Å²) in [5, 5.41) is 8.89. The Morgan fingerprint density at radius 2 is 1.93 bits per heavy atom. The van der Waals surface area contributed by atoms with Crippen LogP contribution in [0, 0.1) is 5.92 Å². The number of hydrogen-bond acceptors (Lipinski definition) is 5. The number of amides is 2. The van der Waals surface area contributed by atoms with Gasteiger partial charge in [0.2, 0.25) is 5.91 Å². The molecule has 4 rings (SSSR count). The molecule has 7 nitrogen and oxygen atoms in total. The van der Waals surface area contributed by atoms with E-state index < -0.39 is 5.91 Å². The number of carbonyl (C=O) groups is 2. The summed E-state index contributed by atoms with van der Waals surface area (Å²) in [6.45, 7) is 1.81. The molecule has 2 aromatic carbocycles. The molecule has 0 aliphatic carbocycles. The second-order valence-corrected chi connectivity index (χ2v) is 7.38. The summed E-state index contributed by atoms with van der Waals surface area (Å²) >= 11 is 0. The van der Waals surface area contributed by atoms with E-state index in [4.69, 9.17) is 14.7 Å². The van der Waals surface area contributed by atoms with Crippen LogP contribution in [0.1, 0.15) is 40.4 Å². The van der Waals surface area contributed by atoms with Gasteiger partial charge in [0.15, 0.2) is 0 Å². The lowest BCUT2D eigenvalue weighted by Crippen LogP contribution is -2.42. The van der Waals surface area contributed by atoms with Gasteiger partial charge in [-0.15, -0.1) is 0 Å². The van der Waals surface area contributed by atoms with Gasteiger partial charge in [0, 0.05) is 17.7 Å². The number of ether oxygens (including phenoxy) is 2. The van der Waals surface area contributed by atoms with Gasteiger partial charge >= 0.3 is 0 Å². The van der Waals surface area contributed by atoms with Crippen LogP contribution in [0.2, 0.25) is 0 Å². The molecular weight excluding hydrogens is 372 g/mol. The Bertz CT molecular complexity index is 880. The summed E-state index contributed by atoms with van der Waals surface area (Å²) in [5.41, 5.74) is 3.75. The van der Waals surface area contributed by atoms with Crippen molar-refractivity contribution in [3.05, 3.63) is 65.2 Å². The predicted molar refractivity (Wildman–Crippen MR) is 104 cm³/mol. The van der Waals surface area contributed by atoms with E-state index in [2.05, 4.69) is 0 Å². The normalized spacial score (nSPS) is 21.5. The van der Waals surface area contributed by atoms with Gasteiger partial charge in [0.1, 0.15) is 12.4 Å². The summed E-state index contributed by atoms with van der Waals surface area (Å²) in [6.07, 6.45) is 1.70. The van der Waals surface area contributed by atoms with Gasteiger partial charge < -0.3 is 14.4 Å². The minimum atomic E-state index is -0.604. The molecule has 2 amide bonds. The molecule has 1 fully saturated rings. The fourth-order valence-electron chi connectivity index (χ4n) is 3.93. The van der Waals surface area contributed by atoms with Gasteiger partial charge in [-0.25, -0.2) is 5.48 Å². The zero-order valence-corrected chi connectivity index (χ0v) is 16.0. The maximum atomic E-state index is 13.4. The van der Waals surface area contributed by atoms with E-state index in [1.54, 1.807) is 23.7 Å². The molecule has 2 aliphatic rings. The molecule has 0 bridgehead atoms. The Balaban J connectivity index is 1.68. The second-order valence-electron chi connectivity index (χ2n) is 7.38. The van der Waals surface area contributed by atoms with Crippen LogP contribution in [0.3, 0.4) is 0 Å². The van der Waals surface area contributed by atoms with Crippen LogP contribution in [-0.2, 0) is 16.1 Å². The zero-order chi connectivity index (χ0) is 20.2. The summed E-state index contributed by atoms with van der Waals surface area (Å²) in [7, 11) is 0. The molecule has 0 unspecified atom stereocenters. The summed E-state index contributed by atoms with van der Waals surface area (Å²) in [6, 6.07) is 14.6. The lowest BCUT2D eigenvalue weighted by molar-refractivity contribution is -0.143. The van der Waals surface area contributed by atoms with Gasteiger partial charge in [-0.2, -0.15) is 0 Å². The number of carbonyl (C=O) groups excluding carboxylic acids is 2. The van der Waals surface area contributed by atoms with E-state index in [-0.39, 0.29) is 24.5 Å². The highest BCUT2D eigenvalue weighted by Crippen LogP contribution is 2.34. The Kier molecular flexibility index (Phi) is 5.78. The third-order valence-electron chi connectivity index (χ3n) is 5.52. The highest BCUT2D eigenvalue weighted by Gasteiger charge is 2.34. The van der Waals surface area contributed by atoms with Crippen LogP contribution in [0.15, 0.2) is 48.5 Å². The van der Waals surface area contributed by atoms with Gasteiger partial charge in [-0.3, -0.25) is 14.8 Å². The van der Waals surface area contributed by atoms with Gasteiger partial charge in [0.05, 0.1) is 25.1 Å². The molecule has 2 aromatic rings. The average molecular weight is 396 g/mol. The molecule has 152 valence electrons. The number of nitrogens with zero attached hydrogens (tertiary/aromatic N) is 1. The van der Waals surface area contributed by atoms with E-state index in [9.17, 15) is 9.59 Å². The highest BCUT2D eigenvalue weighted by atomic mass is 16.5. The molecule has 2 aliphatic heterocycles. The maximum Gasteiger partial charge on any atom is 0.274 e. The monoisotopic (exact) mass is 396 g/mol. The first-order valence-corrected chi connectivity index (χ1v) is 9.80. The minimum Gasteiger partial charge on any atom is -0.491 e. The van der Waals surface area contributed by atoms with E-state index in [1.165, 1.54) is 0 Å². The molecule has 0 radical (unpaired) electrons. The standard InChI is InChI=1S/C22H24N2O5/c25-21(23-27)16-8-9-17-12-24(22(26)18-7-4-10-28-13-18)19(14-29-20(17)11-16)15-5-2-1-3-6-15/h1-3,5-6,8-9,11,18-19,27H,4,7,10,12-14H2,(H,23,25)/t18-,19+/m0/s1. The highest BCUT2D eigenvalue weighted by molar-refractivity contribution is 5.93. The quantitative estimate of drug-likeness (QED) is 0.615. The summed E-state index contributed by atoms with van der Waals surface area (Å²) in [4.78, 5) is 27.0. The molecule has 0 aromatic heterocycles. The van der Waals surface area contributed by atoms with Crippen molar-refractivity contribution in [3.8, 4) is 5.75 Å². The number of benzene rings is 2. The number of fused-ring (bicyclic) bond motifs is 1. The first-order valence-electron chi connectivity index (χ1n) is 9.80. The molecule has 0 saturated carbocycles. The van der Waals surface area contributed by atoms with Crippen LogP contribution < -0.4 is 10.2 Å². The average Bonchev–Trinajstić information content (AvgIpc) is 2.98. The van der Waals surface area contributed by atoms with Crippen LogP contribution in [0.5, 0.6) is 5.75 Å². The van der Waals surface area contributed by atoms with Crippen LogP contribution in [0.25, 0.3) is 0 Å². The third-order valence-corrected chi connectivity index (χ3v) is 5.52. The predicted octanol–water partition coefficient (Wildman–Crippen LogP) is 2.69. The van der Waals surface area contributed by atoms with Crippen LogP contribution in [0.4, 0.5) is 0 Å². The molecule has 2 heterocycles. The van der Waals surface area contributed by atoms with E-state index in [1.807, 2.05) is 35.2 Å². The lowest BCUT2D eigenvalue weighted by atomic mass is 9.97. The largest absolute Gasteiger partial charge is 0.491 e. The number of hydrogen-bond donors (Lipinski definition) is 2. The molecule has 0 spiro atoms. The fourth-order valence-corrected chi connectivity index (χ4v) is 3.93. The van der Waals surface area contributed by atoms with Crippen molar-refractivity contribution in [1.82, 2.24) is 10.4 Å². The fraction of sp³-hybridized carbons (Fsp3) is 0.364. The van der Waals surface area contributed by atoms with Crippen molar-refractivity contribution in [2.45, 2.75) is 25.4 Å².